The van der Waals surface area contributed by atoms with Crippen LogP contribution < -0.4 is 5.32 Å². The van der Waals surface area contributed by atoms with Crippen LogP contribution in [0.3, 0.4) is 0 Å². The lowest BCUT2D eigenvalue weighted by Crippen LogP contribution is -2.43. The number of benzene rings is 2. The molecule has 1 heterocycles. The van der Waals surface area contributed by atoms with E-state index in [1.54, 1.807) is 11.9 Å². The predicted molar refractivity (Wildman–Crippen MR) is 103 cm³/mol. The zero-order chi connectivity index (χ0) is 18.6. The maximum Gasteiger partial charge on any atom is 0.236 e. The third-order valence-electron chi connectivity index (χ3n) is 4.87. The van der Waals surface area contributed by atoms with E-state index in [1.807, 2.05) is 60.7 Å². The van der Waals surface area contributed by atoms with Crippen molar-refractivity contribution in [3.05, 3.63) is 71.8 Å². The summed E-state index contributed by atoms with van der Waals surface area (Å²) < 4.78 is 23.3. The molecule has 138 valence electrons. The summed E-state index contributed by atoms with van der Waals surface area (Å²) in [5.74, 6) is 0.138. The highest BCUT2D eigenvalue weighted by molar-refractivity contribution is 7.91. The van der Waals surface area contributed by atoms with Crippen LogP contribution in [0.1, 0.15) is 23.6 Å². The van der Waals surface area contributed by atoms with E-state index < -0.39 is 9.84 Å². The van der Waals surface area contributed by atoms with Gasteiger partial charge in [-0.3, -0.25) is 10.1 Å². The van der Waals surface area contributed by atoms with Crippen molar-refractivity contribution < 1.29 is 13.2 Å². The second-order valence-corrected chi connectivity index (χ2v) is 8.93. The molecule has 2 aromatic rings. The molecule has 0 unspecified atom stereocenters. The molecule has 0 aromatic heterocycles. The van der Waals surface area contributed by atoms with Gasteiger partial charge in [0.2, 0.25) is 5.91 Å². The van der Waals surface area contributed by atoms with E-state index in [0.29, 0.717) is 6.42 Å². The smallest absolute Gasteiger partial charge is 0.236 e. The van der Waals surface area contributed by atoms with Gasteiger partial charge in [-0.2, -0.15) is 0 Å². The van der Waals surface area contributed by atoms with Gasteiger partial charge in [-0.25, -0.2) is 8.42 Å². The van der Waals surface area contributed by atoms with Crippen LogP contribution in [0.25, 0.3) is 0 Å². The summed E-state index contributed by atoms with van der Waals surface area (Å²) in [6.45, 7) is 0.154. The standard InChI is InChI=1S/C20H24N2O3S/c1-22(18-12-13-26(24,25)15-18)19(23)14-21-20(16-8-4-2-5-9-16)17-10-6-3-7-11-17/h2-11,18,20-21H,12-15H2,1H3/t18-/m1/s1. The third kappa shape index (κ3) is 4.51. The lowest BCUT2D eigenvalue weighted by Gasteiger charge is -2.26. The molecular formula is C20H24N2O3S. The molecule has 1 aliphatic rings. The van der Waals surface area contributed by atoms with Crippen LogP contribution in [-0.2, 0) is 14.6 Å². The fourth-order valence-electron chi connectivity index (χ4n) is 3.32. The molecule has 1 N–H and O–H groups in total. The third-order valence-corrected chi connectivity index (χ3v) is 6.62. The number of nitrogens with one attached hydrogen (secondary N) is 1. The molecule has 1 saturated heterocycles. The summed E-state index contributed by atoms with van der Waals surface area (Å²) in [5.41, 5.74) is 2.16. The molecule has 0 radical (unpaired) electrons. The van der Waals surface area contributed by atoms with Gasteiger partial charge in [-0.05, 0) is 17.5 Å². The van der Waals surface area contributed by atoms with Crippen LogP contribution in [0.4, 0.5) is 0 Å². The molecular weight excluding hydrogens is 348 g/mol. The van der Waals surface area contributed by atoms with Gasteiger partial charge in [0.1, 0.15) is 0 Å². The summed E-state index contributed by atoms with van der Waals surface area (Å²) in [6.07, 6.45) is 0.519. The van der Waals surface area contributed by atoms with Crippen molar-refractivity contribution in [2.24, 2.45) is 0 Å². The Balaban J connectivity index is 1.69. The topological polar surface area (TPSA) is 66.5 Å². The normalized spacial score (nSPS) is 18.8. The fraction of sp³-hybridized carbons (Fsp3) is 0.350. The molecule has 0 bridgehead atoms. The SMILES string of the molecule is CN(C(=O)CNC(c1ccccc1)c1ccccc1)[C@@H]1CCS(=O)(=O)C1. The highest BCUT2D eigenvalue weighted by Gasteiger charge is 2.32. The van der Waals surface area contributed by atoms with Gasteiger partial charge in [0, 0.05) is 13.1 Å². The number of sulfone groups is 1. The minimum atomic E-state index is -3.01. The Morgan fingerprint density at radius 1 is 1.08 bits per heavy atom. The Kier molecular flexibility index (Phi) is 5.74. The van der Waals surface area contributed by atoms with Crippen LogP contribution in [-0.4, -0.2) is 50.4 Å². The molecule has 0 saturated carbocycles. The Hall–Kier alpha value is -2.18. The first-order chi connectivity index (χ1) is 12.5. The van der Waals surface area contributed by atoms with Crippen LogP contribution in [0.15, 0.2) is 60.7 Å². The van der Waals surface area contributed by atoms with E-state index in [2.05, 4.69) is 5.32 Å². The number of likely N-dealkylation sites (N-methyl/N-ethyl adjacent to an activating group) is 1. The minimum Gasteiger partial charge on any atom is -0.341 e. The average molecular weight is 372 g/mol. The highest BCUT2D eigenvalue weighted by Crippen LogP contribution is 2.22. The Labute approximate surface area is 154 Å². The van der Waals surface area contributed by atoms with Gasteiger partial charge in [-0.1, -0.05) is 60.7 Å². The van der Waals surface area contributed by atoms with Gasteiger partial charge < -0.3 is 4.90 Å². The maximum absolute atomic E-state index is 12.6. The van der Waals surface area contributed by atoms with Crippen molar-refractivity contribution in [3.63, 3.8) is 0 Å². The van der Waals surface area contributed by atoms with E-state index in [0.717, 1.165) is 11.1 Å². The summed E-state index contributed by atoms with van der Waals surface area (Å²) in [7, 11) is -1.32. The average Bonchev–Trinajstić information content (AvgIpc) is 3.02. The van der Waals surface area contributed by atoms with Crippen LogP contribution in [0.5, 0.6) is 0 Å². The number of carbonyl (C=O) groups excluding carboxylic acids is 1. The minimum absolute atomic E-state index is 0.0655. The van der Waals surface area contributed by atoms with E-state index >= 15 is 0 Å². The van der Waals surface area contributed by atoms with Crippen LogP contribution >= 0.6 is 0 Å². The fourth-order valence-corrected chi connectivity index (χ4v) is 5.09. The van der Waals surface area contributed by atoms with Crippen molar-refractivity contribution in [2.45, 2.75) is 18.5 Å². The molecule has 3 rings (SSSR count). The molecule has 1 fully saturated rings. The molecule has 2 aromatic carbocycles. The van der Waals surface area contributed by atoms with Gasteiger partial charge in [0.05, 0.1) is 24.1 Å². The number of hydrogen-bond acceptors (Lipinski definition) is 4. The molecule has 5 nitrogen and oxygen atoms in total. The number of hydrogen-bond donors (Lipinski definition) is 1. The molecule has 6 heteroatoms. The Morgan fingerprint density at radius 3 is 2.08 bits per heavy atom. The van der Waals surface area contributed by atoms with Gasteiger partial charge in [-0.15, -0.1) is 0 Å². The van der Waals surface area contributed by atoms with Crippen LogP contribution in [0.2, 0.25) is 0 Å². The largest absolute Gasteiger partial charge is 0.341 e. The van der Waals surface area contributed by atoms with Gasteiger partial charge in [0.25, 0.3) is 0 Å². The Morgan fingerprint density at radius 2 is 1.62 bits per heavy atom. The zero-order valence-electron chi connectivity index (χ0n) is 14.8. The summed E-state index contributed by atoms with van der Waals surface area (Å²) in [5, 5.41) is 3.34. The quantitative estimate of drug-likeness (QED) is 0.842. The molecule has 26 heavy (non-hydrogen) atoms. The second-order valence-electron chi connectivity index (χ2n) is 6.70. The molecule has 1 aliphatic heterocycles. The summed E-state index contributed by atoms with van der Waals surface area (Å²) >= 11 is 0. The molecule has 0 aliphatic carbocycles. The molecule has 1 amide bonds. The number of amides is 1. The van der Waals surface area contributed by atoms with Crippen molar-refractivity contribution in [2.75, 3.05) is 25.1 Å². The van der Waals surface area contributed by atoms with Crippen molar-refractivity contribution >= 4 is 15.7 Å². The van der Waals surface area contributed by atoms with Crippen molar-refractivity contribution in [3.8, 4) is 0 Å². The zero-order valence-corrected chi connectivity index (χ0v) is 15.7. The van der Waals surface area contributed by atoms with Crippen LogP contribution in [0, 0.1) is 0 Å². The van der Waals surface area contributed by atoms with Gasteiger partial charge >= 0.3 is 0 Å². The lowest BCUT2D eigenvalue weighted by molar-refractivity contribution is -0.130. The summed E-state index contributed by atoms with van der Waals surface area (Å²) in [6, 6.07) is 19.6. The number of nitrogens with zero attached hydrogens (tertiary/aromatic N) is 1. The first-order valence-corrected chi connectivity index (χ1v) is 10.6. The first kappa shape index (κ1) is 18.6. The number of carbonyl (C=O) groups is 1. The van der Waals surface area contributed by atoms with E-state index in [-0.39, 0.29) is 36.0 Å². The highest BCUT2D eigenvalue weighted by atomic mass is 32.2. The monoisotopic (exact) mass is 372 g/mol. The van der Waals surface area contributed by atoms with Crippen molar-refractivity contribution in [1.82, 2.24) is 10.2 Å². The lowest BCUT2D eigenvalue weighted by atomic mass is 9.99. The summed E-state index contributed by atoms with van der Waals surface area (Å²) in [4.78, 5) is 14.2. The Bertz CT molecular complexity index is 798. The van der Waals surface area contributed by atoms with Crippen molar-refractivity contribution in [1.29, 1.82) is 0 Å². The second kappa shape index (κ2) is 8.01. The van der Waals surface area contributed by atoms with E-state index in [9.17, 15) is 13.2 Å². The molecule has 1 atom stereocenters. The van der Waals surface area contributed by atoms with E-state index in [4.69, 9.17) is 0 Å². The van der Waals surface area contributed by atoms with Gasteiger partial charge in [0.15, 0.2) is 9.84 Å². The first-order valence-electron chi connectivity index (χ1n) is 8.75. The molecule has 0 spiro atoms. The number of rotatable bonds is 6. The van der Waals surface area contributed by atoms with E-state index in [1.165, 1.54) is 0 Å². The predicted octanol–water partition coefficient (Wildman–Crippen LogP) is 2.01. The maximum atomic E-state index is 12.6.